The van der Waals surface area contributed by atoms with Gasteiger partial charge >= 0.3 is 0 Å². The van der Waals surface area contributed by atoms with Gasteiger partial charge in [0.15, 0.2) is 0 Å². The number of ether oxygens (including phenoxy) is 1. The molecule has 0 radical (unpaired) electrons. The van der Waals surface area contributed by atoms with E-state index < -0.39 is 0 Å². The van der Waals surface area contributed by atoms with Gasteiger partial charge < -0.3 is 10.1 Å². The molecule has 0 aromatic rings. The summed E-state index contributed by atoms with van der Waals surface area (Å²) >= 11 is 0. The highest BCUT2D eigenvalue weighted by Gasteiger charge is 2.40. The van der Waals surface area contributed by atoms with Crippen molar-refractivity contribution >= 4 is 0 Å². The van der Waals surface area contributed by atoms with Crippen LogP contribution in [0.2, 0.25) is 0 Å². The third-order valence-electron chi connectivity index (χ3n) is 3.11. The Hall–Kier alpha value is -0.0800. The molecule has 1 saturated heterocycles. The smallest absolute Gasteiger partial charge is 0.0643 e. The van der Waals surface area contributed by atoms with Gasteiger partial charge in [0, 0.05) is 6.54 Å². The van der Waals surface area contributed by atoms with Gasteiger partial charge in [-0.25, -0.2) is 0 Å². The molecule has 0 amide bonds. The zero-order valence-corrected chi connectivity index (χ0v) is 7.23. The lowest BCUT2D eigenvalue weighted by Crippen LogP contribution is -2.47. The Bertz CT molecular complexity index is 138. The zero-order chi connectivity index (χ0) is 7.73. The molecule has 1 aliphatic carbocycles. The lowest BCUT2D eigenvalue weighted by Gasteiger charge is -2.28. The van der Waals surface area contributed by atoms with Crippen LogP contribution in [0.3, 0.4) is 0 Å². The predicted octanol–water partition coefficient (Wildman–Crippen LogP) is 1.16. The van der Waals surface area contributed by atoms with Crippen LogP contribution in [0, 0.1) is 5.41 Å². The molecule has 2 nitrogen and oxygen atoms in total. The molecular weight excluding hydrogens is 138 g/mol. The second-order valence-electron chi connectivity index (χ2n) is 3.97. The predicted molar refractivity (Wildman–Crippen MR) is 44.6 cm³/mol. The minimum absolute atomic E-state index is 0.666. The SMILES string of the molecule is CCC1(CNC2COC2)CC1. The summed E-state index contributed by atoms with van der Waals surface area (Å²) in [5.74, 6) is 0. The van der Waals surface area contributed by atoms with Gasteiger partial charge in [-0.1, -0.05) is 6.92 Å². The lowest BCUT2D eigenvalue weighted by atomic mass is 10.0. The summed E-state index contributed by atoms with van der Waals surface area (Å²) in [6.45, 7) is 5.38. The van der Waals surface area contributed by atoms with Gasteiger partial charge in [0.1, 0.15) is 0 Å². The molecule has 1 saturated carbocycles. The highest BCUT2D eigenvalue weighted by Crippen LogP contribution is 2.47. The van der Waals surface area contributed by atoms with Crippen molar-refractivity contribution in [2.75, 3.05) is 19.8 Å². The summed E-state index contributed by atoms with van der Waals surface area (Å²) in [5, 5.41) is 3.55. The van der Waals surface area contributed by atoms with Gasteiger partial charge in [-0.05, 0) is 24.7 Å². The van der Waals surface area contributed by atoms with Crippen molar-refractivity contribution in [2.24, 2.45) is 5.41 Å². The van der Waals surface area contributed by atoms with E-state index in [1.807, 2.05) is 0 Å². The van der Waals surface area contributed by atoms with Crippen LogP contribution in [0.15, 0.2) is 0 Å². The van der Waals surface area contributed by atoms with Crippen molar-refractivity contribution in [1.82, 2.24) is 5.32 Å². The van der Waals surface area contributed by atoms with Crippen molar-refractivity contribution in [3.8, 4) is 0 Å². The molecule has 0 aromatic heterocycles. The molecule has 2 fully saturated rings. The van der Waals surface area contributed by atoms with E-state index in [2.05, 4.69) is 12.2 Å². The van der Waals surface area contributed by atoms with Gasteiger partial charge in [-0.3, -0.25) is 0 Å². The number of rotatable bonds is 4. The number of hydrogen-bond donors (Lipinski definition) is 1. The molecule has 1 N–H and O–H groups in total. The molecule has 0 bridgehead atoms. The molecule has 0 aromatic carbocycles. The number of hydrogen-bond acceptors (Lipinski definition) is 2. The first kappa shape index (κ1) is 7.56. The third kappa shape index (κ3) is 1.57. The van der Waals surface area contributed by atoms with E-state index in [0.717, 1.165) is 13.2 Å². The summed E-state index contributed by atoms with van der Waals surface area (Å²) < 4.78 is 5.09. The minimum atomic E-state index is 0.666. The molecule has 2 aliphatic rings. The maximum atomic E-state index is 5.09. The number of nitrogens with one attached hydrogen (secondary N) is 1. The molecule has 2 rings (SSSR count). The van der Waals surface area contributed by atoms with E-state index in [1.54, 1.807) is 0 Å². The third-order valence-corrected chi connectivity index (χ3v) is 3.11. The Morgan fingerprint density at radius 2 is 2.18 bits per heavy atom. The first-order valence-corrected chi connectivity index (χ1v) is 4.66. The van der Waals surface area contributed by atoms with Crippen LogP contribution in [0.25, 0.3) is 0 Å². The van der Waals surface area contributed by atoms with Gasteiger partial charge in [-0.2, -0.15) is 0 Å². The van der Waals surface area contributed by atoms with Crippen molar-refractivity contribution in [2.45, 2.75) is 32.2 Å². The van der Waals surface area contributed by atoms with Crippen LogP contribution in [-0.4, -0.2) is 25.8 Å². The van der Waals surface area contributed by atoms with E-state index in [9.17, 15) is 0 Å². The molecular formula is C9H17NO. The monoisotopic (exact) mass is 155 g/mol. The molecule has 0 spiro atoms. The van der Waals surface area contributed by atoms with Crippen LogP contribution in [0.4, 0.5) is 0 Å². The second kappa shape index (κ2) is 2.76. The second-order valence-corrected chi connectivity index (χ2v) is 3.97. The minimum Gasteiger partial charge on any atom is -0.378 e. The van der Waals surface area contributed by atoms with Crippen LogP contribution in [0.1, 0.15) is 26.2 Å². The van der Waals surface area contributed by atoms with Gasteiger partial charge in [0.2, 0.25) is 0 Å². The summed E-state index contributed by atoms with van der Waals surface area (Å²) in [4.78, 5) is 0. The topological polar surface area (TPSA) is 21.3 Å². The Morgan fingerprint density at radius 3 is 2.55 bits per heavy atom. The Morgan fingerprint density at radius 1 is 1.45 bits per heavy atom. The summed E-state index contributed by atoms with van der Waals surface area (Å²) in [6, 6.07) is 0.666. The Labute approximate surface area is 68.3 Å². The summed E-state index contributed by atoms with van der Waals surface area (Å²) in [6.07, 6.45) is 4.21. The normalized spacial score (nSPS) is 28.1. The van der Waals surface area contributed by atoms with Crippen molar-refractivity contribution in [3.05, 3.63) is 0 Å². The maximum absolute atomic E-state index is 5.09. The van der Waals surface area contributed by atoms with Crippen LogP contribution in [-0.2, 0) is 4.74 Å². The maximum Gasteiger partial charge on any atom is 0.0643 e. The lowest BCUT2D eigenvalue weighted by molar-refractivity contribution is -0.00705. The standard InChI is InChI=1S/C9H17NO/c1-2-9(3-4-9)7-10-8-5-11-6-8/h8,10H,2-7H2,1H3. The zero-order valence-electron chi connectivity index (χ0n) is 7.23. The average Bonchev–Trinajstić information content (AvgIpc) is 2.66. The van der Waals surface area contributed by atoms with Crippen LogP contribution >= 0.6 is 0 Å². The largest absolute Gasteiger partial charge is 0.378 e. The molecule has 1 aliphatic heterocycles. The van der Waals surface area contributed by atoms with E-state index in [4.69, 9.17) is 4.74 Å². The molecule has 11 heavy (non-hydrogen) atoms. The molecule has 0 unspecified atom stereocenters. The van der Waals surface area contributed by atoms with Crippen LogP contribution in [0.5, 0.6) is 0 Å². The highest BCUT2D eigenvalue weighted by molar-refractivity contribution is 4.94. The van der Waals surface area contributed by atoms with Crippen molar-refractivity contribution in [1.29, 1.82) is 0 Å². The Balaban J connectivity index is 1.65. The fourth-order valence-corrected chi connectivity index (χ4v) is 1.55. The first-order valence-electron chi connectivity index (χ1n) is 4.66. The van der Waals surface area contributed by atoms with Gasteiger partial charge in [-0.15, -0.1) is 0 Å². The fourth-order valence-electron chi connectivity index (χ4n) is 1.55. The van der Waals surface area contributed by atoms with Crippen LogP contribution < -0.4 is 5.32 Å². The molecule has 64 valence electrons. The van der Waals surface area contributed by atoms with Crippen molar-refractivity contribution in [3.63, 3.8) is 0 Å². The van der Waals surface area contributed by atoms with Crippen molar-refractivity contribution < 1.29 is 4.74 Å². The Kier molecular flexibility index (Phi) is 1.90. The van der Waals surface area contributed by atoms with E-state index in [1.165, 1.54) is 25.8 Å². The van der Waals surface area contributed by atoms with E-state index in [0.29, 0.717) is 11.5 Å². The molecule has 2 heteroatoms. The van der Waals surface area contributed by atoms with E-state index >= 15 is 0 Å². The van der Waals surface area contributed by atoms with E-state index in [-0.39, 0.29) is 0 Å². The molecule has 1 heterocycles. The highest BCUT2D eigenvalue weighted by atomic mass is 16.5. The van der Waals surface area contributed by atoms with Gasteiger partial charge in [0.05, 0.1) is 19.3 Å². The summed E-state index contributed by atoms with van der Waals surface area (Å²) in [7, 11) is 0. The quantitative estimate of drug-likeness (QED) is 0.658. The first-order chi connectivity index (χ1) is 5.35. The van der Waals surface area contributed by atoms with Gasteiger partial charge in [0.25, 0.3) is 0 Å². The molecule has 0 atom stereocenters. The summed E-state index contributed by atoms with van der Waals surface area (Å²) in [5.41, 5.74) is 0.690. The average molecular weight is 155 g/mol. The fraction of sp³-hybridized carbons (Fsp3) is 1.00.